The summed E-state index contributed by atoms with van der Waals surface area (Å²) in [5, 5.41) is 3.32. The third-order valence-corrected chi connectivity index (χ3v) is 4.16. The van der Waals surface area contributed by atoms with Gasteiger partial charge in [-0.25, -0.2) is 4.98 Å². The van der Waals surface area contributed by atoms with Crippen LogP contribution in [0.1, 0.15) is 19.7 Å². The zero-order valence-corrected chi connectivity index (χ0v) is 12.7. The highest BCUT2D eigenvalue weighted by Gasteiger charge is 2.24. The molecule has 2 heterocycles. The van der Waals surface area contributed by atoms with Crippen molar-refractivity contribution in [3.05, 3.63) is 30.1 Å². The third kappa shape index (κ3) is 2.65. The van der Waals surface area contributed by atoms with Crippen LogP contribution in [0.4, 0.5) is 0 Å². The molecule has 5 heteroatoms. The molecule has 2 aromatic rings. The summed E-state index contributed by atoms with van der Waals surface area (Å²) in [6.45, 7) is 7.09. The summed E-state index contributed by atoms with van der Waals surface area (Å²) in [7, 11) is 0. The number of aryl methyl sites for hydroxylation is 1. The predicted octanol–water partition coefficient (Wildman–Crippen LogP) is 1.42. The van der Waals surface area contributed by atoms with E-state index in [1.807, 2.05) is 29.2 Å². The zero-order valence-electron chi connectivity index (χ0n) is 12.7. The first-order valence-corrected chi connectivity index (χ1v) is 7.65. The maximum absolute atomic E-state index is 12.6. The van der Waals surface area contributed by atoms with E-state index in [1.54, 1.807) is 0 Å². The van der Waals surface area contributed by atoms with Gasteiger partial charge >= 0.3 is 0 Å². The van der Waals surface area contributed by atoms with E-state index in [0.29, 0.717) is 6.54 Å². The first-order chi connectivity index (χ1) is 10.2. The minimum atomic E-state index is 0.182. The number of hydrogen-bond acceptors (Lipinski definition) is 3. The molecule has 1 fully saturated rings. The minimum absolute atomic E-state index is 0.182. The van der Waals surface area contributed by atoms with Gasteiger partial charge in [0, 0.05) is 32.1 Å². The summed E-state index contributed by atoms with van der Waals surface area (Å²) in [4.78, 5) is 19.2. The minimum Gasteiger partial charge on any atom is -0.336 e. The first-order valence-electron chi connectivity index (χ1n) is 7.65. The van der Waals surface area contributed by atoms with Crippen molar-refractivity contribution in [2.75, 3.05) is 19.6 Å². The molecule has 5 nitrogen and oxygen atoms in total. The van der Waals surface area contributed by atoms with Crippen molar-refractivity contribution in [1.82, 2.24) is 19.8 Å². The standard InChI is InChI=1S/C16H22N4O/c1-3-15-18-13-6-4-5-7-14(13)20(15)11-16(21)19-9-8-17-10-12(19)2/h4-7,12,17H,3,8-11H2,1-2H3/t12-/m1/s1. The Morgan fingerprint density at radius 1 is 1.43 bits per heavy atom. The molecule has 1 aliphatic rings. The van der Waals surface area contributed by atoms with Crippen LogP contribution in [0.2, 0.25) is 0 Å². The highest BCUT2D eigenvalue weighted by atomic mass is 16.2. The Hall–Kier alpha value is -1.88. The number of rotatable bonds is 3. The van der Waals surface area contributed by atoms with Crippen LogP contribution in [0, 0.1) is 0 Å². The lowest BCUT2D eigenvalue weighted by Crippen LogP contribution is -2.53. The second-order valence-electron chi connectivity index (χ2n) is 5.60. The molecule has 112 valence electrons. The number of piperazine rings is 1. The lowest BCUT2D eigenvalue weighted by atomic mass is 10.2. The third-order valence-electron chi connectivity index (χ3n) is 4.16. The lowest BCUT2D eigenvalue weighted by molar-refractivity contribution is -0.134. The predicted molar refractivity (Wildman–Crippen MR) is 83.2 cm³/mol. The number of carbonyl (C=O) groups excluding carboxylic acids is 1. The number of carbonyl (C=O) groups is 1. The fourth-order valence-electron chi connectivity index (χ4n) is 3.01. The molecular weight excluding hydrogens is 264 g/mol. The van der Waals surface area contributed by atoms with Gasteiger partial charge in [0.1, 0.15) is 12.4 Å². The van der Waals surface area contributed by atoms with Gasteiger partial charge in [-0.1, -0.05) is 19.1 Å². The molecule has 21 heavy (non-hydrogen) atoms. The second-order valence-corrected chi connectivity index (χ2v) is 5.60. The summed E-state index contributed by atoms with van der Waals surface area (Å²) in [5.41, 5.74) is 2.01. The molecule has 1 aromatic heterocycles. The number of amides is 1. The number of aromatic nitrogens is 2. The van der Waals surface area contributed by atoms with E-state index >= 15 is 0 Å². The van der Waals surface area contributed by atoms with Gasteiger partial charge in [0.25, 0.3) is 0 Å². The van der Waals surface area contributed by atoms with Crippen molar-refractivity contribution >= 4 is 16.9 Å². The maximum Gasteiger partial charge on any atom is 0.242 e. The Bertz CT molecular complexity index is 649. The van der Waals surface area contributed by atoms with Crippen molar-refractivity contribution in [2.24, 2.45) is 0 Å². The van der Waals surface area contributed by atoms with Crippen molar-refractivity contribution < 1.29 is 4.79 Å². The molecule has 1 saturated heterocycles. The average Bonchev–Trinajstić information content (AvgIpc) is 2.86. The molecule has 0 saturated carbocycles. The molecule has 0 aliphatic carbocycles. The number of fused-ring (bicyclic) bond motifs is 1. The van der Waals surface area contributed by atoms with Gasteiger partial charge < -0.3 is 14.8 Å². The normalized spacial score (nSPS) is 19.1. The Morgan fingerprint density at radius 3 is 3.00 bits per heavy atom. The van der Waals surface area contributed by atoms with Crippen LogP contribution in [0.15, 0.2) is 24.3 Å². The largest absolute Gasteiger partial charge is 0.336 e. The molecule has 1 aromatic carbocycles. The van der Waals surface area contributed by atoms with Crippen LogP contribution in [0.25, 0.3) is 11.0 Å². The van der Waals surface area contributed by atoms with Gasteiger partial charge in [-0.05, 0) is 19.1 Å². The maximum atomic E-state index is 12.6. The highest BCUT2D eigenvalue weighted by molar-refractivity contribution is 5.81. The molecule has 0 bridgehead atoms. The smallest absolute Gasteiger partial charge is 0.242 e. The van der Waals surface area contributed by atoms with Crippen molar-refractivity contribution in [2.45, 2.75) is 32.9 Å². The van der Waals surface area contributed by atoms with Crippen molar-refractivity contribution in [3.63, 3.8) is 0 Å². The Labute approximate surface area is 125 Å². The Balaban J connectivity index is 1.88. The topological polar surface area (TPSA) is 50.2 Å². The second kappa shape index (κ2) is 5.85. The monoisotopic (exact) mass is 286 g/mol. The van der Waals surface area contributed by atoms with Gasteiger partial charge in [0.05, 0.1) is 11.0 Å². The zero-order chi connectivity index (χ0) is 14.8. The molecule has 1 amide bonds. The SMILES string of the molecule is CCc1nc2ccccc2n1CC(=O)N1CCNC[C@H]1C. The van der Waals surface area contributed by atoms with E-state index in [9.17, 15) is 4.79 Å². The van der Waals surface area contributed by atoms with E-state index < -0.39 is 0 Å². The van der Waals surface area contributed by atoms with Gasteiger partial charge in [0.15, 0.2) is 0 Å². The first kappa shape index (κ1) is 14.1. The van der Waals surface area contributed by atoms with Crippen LogP contribution in [0.5, 0.6) is 0 Å². The van der Waals surface area contributed by atoms with E-state index in [4.69, 9.17) is 0 Å². The summed E-state index contributed by atoms with van der Waals surface area (Å²) < 4.78 is 2.06. The van der Waals surface area contributed by atoms with Crippen LogP contribution in [0.3, 0.4) is 0 Å². The van der Waals surface area contributed by atoms with Crippen molar-refractivity contribution in [3.8, 4) is 0 Å². The highest BCUT2D eigenvalue weighted by Crippen LogP contribution is 2.17. The van der Waals surface area contributed by atoms with Gasteiger partial charge in [-0.3, -0.25) is 4.79 Å². The van der Waals surface area contributed by atoms with Crippen molar-refractivity contribution in [1.29, 1.82) is 0 Å². The Morgan fingerprint density at radius 2 is 2.24 bits per heavy atom. The fourth-order valence-corrected chi connectivity index (χ4v) is 3.01. The van der Waals surface area contributed by atoms with Crippen LogP contribution >= 0.6 is 0 Å². The number of imidazole rings is 1. The number of para-hydroxylation sites is 2. The van der Waals surface area contributed by atoms with E-state index in [0.717, 1.165) is 42.9 Å². The van der Waals surface area contributed by atoms with Gasteiger partial charge in [-0.15, -0.1) is 0 Å². The molecule has 1 atom stereocenters. The number of nitrogens with one attached hydrogen (secondary N) is 1. The molecular formula is C16H22N4O. The lowest BCUT2D eigenvalue weighted by Gasteiger charge is -2.34. The van der Waals surface area contributed by atoms with Crippen LogP contribution in [-0.2, 0) is 17.8 Å². The summed E-state index contributed by atoms with van der Waals surface area (Å²) in [6, 6.07) is 8.28. The quantitative estimate of drug-likeness (QED) is 0.928. The number of hydrogen-bond donors (Lipinski definition) is 1. The molecule has 3 rings (SSSR count). The van der Waals surface area contributed by atoms with Gasteiger partial charge in [-0.2, -0.15) is 0 Å². The summed E-state index contributed by atoms with van der Waals surface area (Å²) >= 11 is 0. The van der Waals surface area contributed by atoms with Crippen LogP contribution in [-0.4, -0.2) is 46.0 Å². The van der Waals surface area contributed by atoms with E-state index in [-0.39, 0.29) is 11.9 Å². The average molecular weight is 286 g/mol. The Kier molecular flexibility index (Phi) is 3.92. The molecule has 1 aliphatic heterocycles. The molecule has 0 radical (unpaired) electrons. The number of nitrogens with zero attached hydrogens (tertiary/aromatic N) is 3. The number of benzene rings is 1. The van der Waals surface area contributed by atoms with Gasteiger partial charge in [0.2, 0.25) is 5.91 Å². The fraction of sp³-hybridized carbons (Fsp3) is 0.500. The summed E-state index contributed by atoms with van der Waals surface area (Å²) in [5.74, 6) is 1.16. The molecule has 0 spiro atoms. The molecule has 0 unspecified atom stereocenters. The van der Waals surface area contributed by atoms with Crippen LogP contribution < -0.4 is 5.32 Å². The molecule has 1 N–H and O–H groups in total. The van der Waals surface area contributed by atoms with E-state index in [1.165, 1.54) is 0 Å². The summed E-state index contributed by atoms with van der Waals surface area (Å²) in [6.07, 6.45) is 0.832. The van der Waals surface area contributed by atoms with E-state index in [2.05, 4.69) is 28.7 Å².